The molecule has 0 bridgehead atoms. The minimum absolute atomic E-state index is 0.139. The van der Waals surface area contributed by atoms with Crippen LogP contribution in [-0.4, -0.2) is 12.6 Å². The summed E-state index contributed by atoms with van der Waals surface area (Å²) < 4.78 is 0. The molecule has 1 aromatic rings. The van der Waals surface area contributed by atoms with Crippen LogP contribution in [-0.2, 0) is 0 Å². The maximum absolute atomic E-state index is 5.91. The van der Waals surface area contributed by atoms with Crippen molar-refractivity contribution in [2.45, 2.75) is 51.1 Å². The highest BCUT2D eigenvalue weighted by atomic mass is 15.2. The third kappa shape index (κ3) is 2.14. The fraction of sp³-hybridized carbons (Fsp3) is 0.625. The van der Waals surface area contributed by atoms with Gasteiger partial charge in [0.2, 0.25) is 0 Å². The van der Waals surface area contributed by atoms with Crippen LogP contribution in [0.4, 0.5) is 5.69 Å². The Morgan fingerprint density at radius 3 is 2.56 bits per heavy atom. The van der Waals surface area contributed by atoms with Crippen LogP contribution in [0.15, 0.2) is 24.3 Å². The summed E-state index contributed by atoms with van der Waals surface area (Å²) in [5.74, 6) is 0.951. The molecule has 3 rings (SSSR count). The van der Waals surface area contributed by atoms with Crippen LogP contribution in [0.1, 0.15) is 50.6 Å². The lowest BCUT2D eigenvalue weighted by Gasteiger charge is -2.39. The van der Waals surface area contributed by atoms with E-state index in [0.717, 1.165) is 12.0 Å². The van der Waals surface area contributed by atoms with E-state index in [1.165, 1.54) is 49.9 Å². The number of nitrogens with zero attached hydrogens (tertiary/aromatic N) is 1. The third-order valence-electron chi connectivity index (χ3n) is 4.74. The second kappa shape index (κ2) is 4.93. The first kappa shape index (κ1) is 12.0. The Morgan fingerprint density at radius 1 is 1.11 bits per heavy atom. The number of nitrogens with two attached hydrogens (primary N) is 1. The van der Waals surface area contributed by atoms with E-state index < -0.39 is 0 Å². The molecule has 2 heteroatoms. The molecule has 1 saturated heterocycles. The minimum Gasteiger partial charge on any atom is -0.368 e. The molecular weight excluding hydrogens is 220 g/mol. The van der Waals surface area contributed by atoms with E-state index >= 15 is 0 Å². The van der Waals surface area contributed by atoms with Gasteiger partial charge in [0, 0.05) is 24.3 Å². The van der Waals surface area contributed by atoms with Crippen LogP contribution in [0, 0.1) is 5.92 Å². The summed E-state index contributed by atoms with van der Waals surface area (Å²) in [5.41, 5.74) is 8.55. The van der Waals surface area contributed by atoms with Crippen molar-refractivity contribution >= 4 is 5.69 Å². The Kier molecular flexibility index (Phi) is 3.29. The molecule has 0 spiro atoms. The third-order valence-corrected chi connectivity index (χ3v) is 4.74. The van der Waals surface area contributed by atoms with Gasteiger partial charge in [0.25, 0.3) is 0 Å². The molecule has 2 unspecified atom stereocenters. The molecule has 1 aliphatic carbocycles. The maximum atomic E-state index is 5.91. The van der Waals surface area contributed by atoms with Crippen molar-refractivity contribution in [2.24, 2.45) is 11.7 Å². The molecule has 1 aromatic carbocycles. The molecule has 18 heavy (non-hydrogen) atoms. The molecule has 2 nitrogen and oxygen atoms in total. The summed E-state index contributed by atoms with van der Waals surface area (Å²) in [4.78, 5) is 2.64. The Morgan fingerprint density at radius 2 is 1.83 bits per heavy atom. The Bertz CT molecular complexity index is 396. The molecule has 0 radical (unpaired) electrons. The summed E-state index contributed by atoms with van der Waals surface area (Å²) in [6.07, 6.45) is 7.05. The van der Waals surface area contributed by atoms with Gasteiger partial charge < -0.3 is 10.6 Å². The first-order valence-corrected chi connectivity index (χ1v) is 7.38. The standard InChI is InChI=1S/C16H24N2/c1-12(17)13-7-9-15(10-8-13)18-11-3-5-14-4-2-6-16(14)18/h7-10,12,14,16H,2-6,11,17H2,1H3/t12-,14?,16?/m1/s1. The summed E-state index contributed by atoms with van der Waals surface area (Å²) in [7, 11) is 0. The van der Waals surface area contributed by atoms with E-state index in [1.54, 1.807) is 0 Å². The van der Waals surface area contributed by atoms with E-state index in [-0.39, 0.29) is 6.04 Å². The van der Waals surface area contributed by atoms with Gasteiger partial charge in [0.1, 0.15) is 0 Å². The average molecular weight is 244 g/mol. The topological polar surface area (TPSA) is 29.3 Å². The number of anilines is 1. The fourth-order valence-electron chi connectivity index (χ4n) is 3.74. The number of piperidine rings is 1. The van der Waals surface area contributed by atoms with Crippen LogP contribution >= 0.6 is 0 Å². The van der Waals surface area contributed by atoms with Gasteiger partial charge in [-0.25, -0.2) is 0 Å². The van der Waals surface area contributed by atoms with Gasteiger partial charge in [0.15, 0.2) is 0 Å². The largest absolute Gasteiger partial charge is 0.368 e. The van der Waals surface area contributed by atoms with E-state index in [1.807, 2.05) is 6.92 Å². The van der Waals surface area contributed by atoms with Crippen LogP contribution < -0.4 is 10.6 Å². The Balaban J connectivity index is 1.80. The van der Waals surface area contributed by atoms with Crippen LogP contribution in [0.3, 0.4) is 0 Å². The van der Waals surface area contributed by atoms with Gasteiger partial charge in [-0.05, 0) is 56.2 Å². The number of hydrogen-bond acceptors (Lipinski definition) is 2. The molecule has 3 atom stereocenters. The maximum Gasteiger partial charge on any atom is 0.0369 e. The highest BCUT2D eigenvalue weighted by Gasteiger charge is 2.34. The fourth-order valence-corrected chi connectivity index (χ4v) is 3.74. The lowest BCUT2D eigenvalue weighted by Crippen LogP contribution is -2.42. The van der Waals surface area contributed by atoms with Crippen molar-refractivity contribution < 1.29 is 0 Å². The van der Waals surface area contributed by atoms with E-state index in [9.17, 15) is 0 Å². The van der Waals surface area contributed by atoms with Crippen LogP contribution in [0.2, 0.25) is 0 Å². The first-order chi connectivity index (χ1) is 8.75. The zero-order chi connectivity index (χ0) is 12.5. The molecule has 2 N–H and O–H groups in total. The molecule has 0 aromatic heterocycles. The first-order valence-electron chi connectivity index (χ1n) is 7.38. The van der Waals surface area contributed by atoms with Crippen molar-refractivity contribution in [3.63, 3.8) is 0 Å². The molecule has 2 aliphatic rings. The van der Waals surface area contributed by atoms with Crippen LogP contribution in [0.5, 0.6) is 0 Å². The van der Waals surface area contributed by atoms with E-state index in [0.29, 0.717) is 0 Å². The quantitative estimate of drug-likeness (QED) is 0.863. The number of hydrogen-bond donors (Lipinski definition) is 1. The normalized spacial score (nSPS) is 29.1. The zero-order valence-electron chi connectivity index (χ0n) is 11.3. The van der Waals surface area contributed by atoms with Crippen LogP contribution in [0.25, 0.3) is 0 Å². The van der Waals surface area contributed by atoms with Gasteiger partial charge in [0.05, 0.1) is 0 Å². The molecule has 1 aliphatic heterocycles. The van der Waals surface area contributed by atoms with E-state index in [4.69, 9.17) is 5.73 Å². The summed E-state index contributed by atoms with van der Waals surface area (Å²) in [6, 6.07) is 9.86. The molecule has 2 fully saturated rings. The molecule has 1 saturated carbocycles. The Labute approximate surface area is 110 Å². The summed E-state index contributed by atoms with van der Waals surface area (Å²) in [5, 5.41) is 0. The van der Waals surface area contributed by atoms with Gasteiger partial charge in [-0.15, -0.1) is 0 Å². The lowest BCUT2D eigenvalue weighted by atomic mass is 9.91. The molecule has 0 amide bonds. The highest BCUT2D eigenvalue weighted by Crippen LogP contribution is 2.39. The van der Waals surface area contributed by atoms with Crippen molar-refractivity contribution in [2.75, 3.05) is 11.4 Å². The molecule has 1 heterocycles. The molecular formula is C16H24N2. The van der Waals surface area contributed by atoms with Gasteiger partial charge in [-0.2, -0.15) is 0 Å². The predicted molar refractivity (Wildman–Crippen MR) is 76.8 cm³/mol. The second-order valence-corrected chi connectivity index (χ2v) is 5.97. The Hall–Kier alpha value is -1.02. The van der Waals surface area contributed by atoms with Gasteiger partial charge in [-0.1, -0.05) is 18.6 Å². The van der Waals surface area contributed by atoms with Crippen molar-refractivity contribution in [1.82, 2.24) is 0 Å². The summed E-state index contributed by atoms with van der Waals surface area (Å²) >= 11 is 0. The second-order valence-electron chi connectivity index (χ2n) is 5.97. The lowest BCUT2D eigenvalue weighted by molar-refractivity contribution is 0.362. The van der Waals surface area contributed by atoms with Crippen molar-refractivity contribution in [1.29, 1.82) is 0 Å². The van der Waals surface area contributed by atoms with Crippen molar-refractivity contribution in [3.05, 3.63) is 29.8 Å². The smallest absolute Gasteiger partial charge is 0.0369 e. The summed E-state index contributed by atoms with van der Waals surface area (Å²) in [6.45, 7) is 3.28. The molecule has 98 valence electrons. The number of fused-ring (bicyclic) bond motifs is 1. The predicted octanol–water partition coefficient (Wildman–Crippen LogP) is 3.48. The number of rotatable bonds is 2. The van der Waals surface area contributed by atoms with Gasteiger partial charge >= 0.3 is 0 Å². The van der Waals surface area contributed by atoms with Gasteiger partial charge in [-0.3, -0.25) is 0 Å². The number of benzene rings is 1. The van der Waals surface area contributed by atoms with E-state index in [2.05, 4.69) is 29.2 Å². The average Bonchev–Trinajstić information content (AvgIpc) is 2.87. The zero-order valence-corrected chi connectivity index (χ0v) is 11.3. The minimum atomic E-state index is 0.139. The highest BCUT2D eigenvalue weighted by molar-refractivity contribution is 5.49. The van der Waals surface area contributed by atoms with Crippen molar-refractivity contribution in [3.8, 4) is 0 Å². The SMILES string of the molecule is C[C@@H](N)c1ccc(N2CCCC3CCCC32)cc1. The monoisotopic (exact) mass is 244 g/mol.